The van der Waals surface area contributed by atoms with Crippen molar-refractivity contribution in [2.24, 2.45) is 0 Å². The van der Waals surface area contributed by atoms with E-state index >= 15 is 0 Å². The van der Waals surface area contributed by atoms with Crippen LogP contribution < -0.4 is 0 Å². The lowest BCUT2D eigenvalue weighted by molar-refractivity contribution is -0.146. The third kappa shape index (κ3) is 4.84. The third-order valence-electron chi connectivity index (χ3n) is 6.28. The fraction of sp³-hybridized carbons (Fsp3) is 0.125. The standard InChI is InChI=1S/C32H26O4/c1-21(33)35-31(27-17-15-23-9-3-5-11-25(23)19-27)29-13-7-8-14-30(29)32(36-22(2)34)28-18-16-24-10-4-6-12-26(24)20-28/h3-20,31-32H,1-2H3. The molecule has 0 aromatic heterocycles. The molecule has 0 bridgehead atoms. The lowest BCUT2D eigenvalue weighted by Gasteiger charge is -2.26. The predicted octanol–water partition coefficient (Wildman–Crippen LogP) is 7.30. The quantitative estimate of drug-likeness (QED) is 0.242. The summed E-state index contributed by atoms with van der Waals surface area (Å²) in [5, 5.41) is 4.31. The molecule has 0 aliphatic rings. The maximum absolute atomic E-state index is 12.2. The monoisotopic (exact) mass is 474 g/mol. The van der Waals surface area contributed by atoms with E-state index in [0.717, 1.165) is 43.8 Å². The van der Waals surface area contributed by atoms with Crippen molar-refractivity contribution in [3.63, 3.8) is 0 Å². The summed E-state index contributed by atoms with van der Waals surface area (Å²) in [5.74, 6) is -0.782. The zero-order valence-corrected chi connectivity index (χ0v) is 20.2. The Kier molecular flexibility index (Phi) is 6.50. The first-order valence-electron chi connectivity index (χ1n) is 11.9. The van der Waals surface area contributed by atoms with Crippen molar-refractivity contribution < 1.29 is 19.1 Å². The number of carbonyl (C=O) groups excluding carboxylic acids is 2. The summed E-state index contributed by atoms with van der Waals surface area (Å²) >= 11 is 0. The Morgan fingerprint density at radius 2 is 0.861 bits per heavy atom. The van der Waals surface area contributed by atoms with E-state index in [1.54, 1.807) is 0 Å². The first kappa shape index (κ1) is 23.3. The van der Waals surface area contributed by atoms with Gasteiger partial charge in [0, 0.05) is 25.0 Å². The summed E-state index contributed by atoms with van der Waals surface area (Å²) in [6.07, 6.45) is -1.33. The van der Waals surface area contributed by atoms with E-state index in [1.807, 2.05) is 109 Å². The van der Waals surface area contributed by atoms with Gasteiger partial charge in [-0.2, -0.15) is 0 Å². The molecule has 36 heavy (non-hydrogen) atoms. The van der Waals surface area contributed by atoms with E-state index in [0.29, 0.717) is 0 Å². The van der Waals surface area contributed by atoms with Gasteiger partial charge in [-0.15, -0.1) is 0 Å². The first-order valence-corrected chi connectivity index (χ1v) is 11.9. The normalized spacial score (nSPS) is 12.7. The van der Waals surface area contributed by atoms with E-state index < -0.39 is 24.1 Å². The molecule has 0 N–H and O–H groups in total. The Morgan fingerprint density at radius 1 is 0.500 bits per heavy atom. The Morgan fingerprint density at radius 3 is 1.25 bits per heavy atom. The molecule has 0 saturated heterocycles. The SMILES string of the molecule is CC(=O)OC(c1ccc2ccccc2c1)c1ccccc1C(OC(C)=O)c1ccc2ccccc2c1. The van der Waals surface area contributed by atoms with Crippen LogP contribution in [0.1, 0.15) is 48.3 Å². The number of hydrogen-bond donors (Lipinski definition) is 0. The molecule has 2 atom stereocenters. The summed E-state index contributed by atoms with van der Waals surface area (Å²) in [5.41, 5.74) is 3.22. The van der Waals surface area contributed by atoms with Gasteiger partial charge in [0.1, 0.15) is 0 Å². The van der Waals surface area contributed by atoms with Crippen molar-refractivity contribution in [3.05, 3.63) is 131 Å². The number of carbonyl (C=O) groups is 2. The van der Waals surface area contributed by atoms with Crippen LogP contribution in [-0.2, 0) is 19.1 Å². The van der Waals surface area contributed by atoms with Crippen LogP contribution in [0.5, 0.6) is 0 Å². The van der Waals surface area contributed by atoms with Gasteiger partial charge in [0.2, 0.25) is 0 Å². The van der Waals surface area contributed by atoms with Crippen molar-refractivity contribution >= 4 is 33.5 Å². The first-order chi connectivity index (χ1) is 17.5. The van der Waals surface area contributed by atoms with E-state index in [-0.39, 0.29) is 0 Å². The second-order valence-electron chi connectivity index (χ2n) is 8.82. The van der Waals surface area contributed by atoms with Crippen LogP contribution in [-0.4, -0.2) is 11.9 Å². The van der Waals surface area contributed by atoms with Crippen molar-refractivity contribution in [1.82, 2.24) is 0 Å². The van der Waals surface area contributed by atoms with Gasteiger partial charge in [0.15, 0.2) is 12.2 Å². The highest BCUT2D eigenvalue weighted by Gasteiger charge is 2.27. The number of ether oxygens (including phenoxy) is 2. The van der Waals surface area contributed by atoms with E-state index in [1.165, 1.54) is 13.8 Å². The van der Waals surface area contributed by atoms with Crippen LogP contribution in [0, 0.1) is 0 Å². The molecular weight excluding hydrogens is 448 g/mol. The molecule has 0 aliphatic carbocycles. The van der Waals surface area contributed by atoms with Gasteiger partial charge in [0.05, 0.1) is 0 Å². The zero-order valence-electron chi connectivity index (χ0n) is 20.2. The Bertz CT molecular complexity index is 1450. The summed E-state index contributed by atoms with van der Waals surface area (Å²) in [4.78, 5) is 24.5. The van der Waals surface area contributed by atoms with Crippen LogP contribution in [0.2, 0.25) is 0 Å². The van der Waals surface area contributed by atoms with Gasteiger partial charge >= 0.3 is 11.9 Å². The summed E-state index contributed by atoms with van der Waals surface area (Å²) in [6, 6.07) is 35.9. The maximum Gasteiger partial charge on any atom is 0.303 e. The van der Waals surface area contributed by atoms with Crippen LogP contribution in [0.3, 0.4) is 0 Å². The van der Waals surface area contributed by atoms with E-state index in [4.69, 9.17) is 9.47 Å². The number of rotatable bonds is 6. The smallest absolute Gasteiger partial charge is 0.303 e. The van der Waals surface area contributed by atoms with Gasteiger partial charge in [-0.3, -0.25) is 9.59 Å². The average molecular weight is 475 g/mol. The predicted molar refractivity (Wildman–Crippen MR) is 142 cm³/mol. The highest BCUT2D eigenvalue weighted by molar-refractivity contribution is 5.84. The van der Waals surface area contributed by atoms with Gasteiger partial charge in [-0.05, 0) is 44.8 Å². The van der Waals surface area contributed by atoms with Gasteiger partial charge < -0.3 is 9.47 Å². The molecule has 0 aliphatic heterocycles. The second-order valence-corrected chi connectivity index (χ2v) is 8.82. The van der Waals surface area contributed by atoms with Crippen LogP contribution in [0.4, 0.5) is 0 Å². The van der Waals surface area contributed by atoms with Crippen LogP contribution >= 0.6 is 0 Å². The Hall–Kier alpha value is -4.44. The van der Waals surface area contributed by atoms with Gasteiger partial charge in [0.25, 0.3) is 0 Å². The van der Waals surface area contributed by atoms with Crippen LogP contribution in [0.25, 0.3) is 21.5 Å². The number of hydrogen-bond acceptors (Lipinski definition) is 4. The minimum Gasteiger partial charge on any atom is -0.453 e. The number of benzene rings is 5. The van der Waals surface area contributed by atoms with E-state index in [2.05, 4.69) is 0 Å². The Balaban J connectivity index is 1.66. The van der Waals surface area contributed by atoms with Crippen molar-refractivity contribution in [1.29, 1.82) is 0 Å². The second kappa shape index (κ2) is 10.0. The largest absolute Gasteiger partial charge is 0.453 e. The molecule has 0 amide bonds. The summed E-state index contributed by atoms with van der Waals surface area (Å²) < 4.78 is 11.8. The number of esters is 2. The molecule has 0 spiro atoms. The summed E-state index contributed by atoms with van der Waals surface area (Å²) in [6.45, 7) is 2.81. The minimum atomic E-state index is -0.665. The van der Waals surface area contributed by atoms with Crippen LogP contribution in [0.15, 0.2) is 109 Å². The third-order valence-corrected chi connectivity index (χ3v) is 6.28. The minimum absolute atomic E-state index is 0.391. The molecule has 2 unspecified atom stereocenters. The molecule has 178 valence electrons. The van der Waals surface area contributed by atoms with Crippen molar-refractivity contribution in [2.45, 2.75) is 26.1 Å². The zero-order chi connectivity index (χ0) is 25.1. The molecular formula is C32H26O4. The molecule has 0 heterocycles. The molecule has 4 heteroatoms. The average Bonchev–Trinajstić information content (AvgIpc) is 2.90. The van der Waals surface area contributed by atoms with Crippen molar-refractivity contribution in [3.8, 4) is 0 Å². The fourth-order valence-corrected chi connectivity index (χ4v) is 4.68. The topological polar surface area (TPSA) is 52.6 Å². The molecule has 0 radical (unpaired) electrons. The molecule has 0 fully saturated rings. The molecule has 5 rings (SSSR count). The lowest BCUT2D eigenvalue weighted by atomic mass is 9.89. The fourth-order valence-electron chi connectivity index (χ4n) is 4.68. The van der Waals surface area contributed by atoms with E-state index in [9.17, 15) is 9.59 Å². The molecule has 4 nitrogen and oxygen atoms in total. The van der Waals surface area contributed by atoms with Gasteiger partial charge in [-0.25, -0.2) is 0 Å². The highest BCUT2D eigenvalue weighted by Crippen LogP contribution is 2.37. The van der Waals surface area contributed by atoms with Crippen molar-refractivity contribution in [2.75, 3.05) is 0 Å². The maximum atomic E-state index is 12.2. The summed E-state index contributed by atoms with van der Waals surface area (Å²) in [7, 11) is 0. The van der Waals surface area contributed by atoms with Gasteiger partial charge in [-0.1, -0.05) is 97.1 Å². The Labute approximate surface area is 210 Å². The number of fused-ring (bicyclic) bond motifs is 2. The molecule has 5 aromatic rings. The molecule has 0 saturated carbocycles. The highest BCUT2D eigenvalue weighted by atomic mass is 16.5. The molecule has 5 aromatic carbocycles. The lowest BCUT2D eigenvalue weighted by Crippen LogP contribution is -2.17.